The predicted molar refractivity (Wildman–Crippen MR) is 96.0 cm³/mol. The number of nitrogens with one attached hydrogen (secondary N) is 1. The maximum Gasteiger partial charge on any atom is 0.263 e. The molecule has 2 aromatic rings. The second-order valence-corrected chi connectivity index (χ2v) is 7.92. The number of anilines is 1. The molecule has 0 saturated heterocycles. The second kappa shape index (κ2) is 6.76. The third-order valence-electron chi connectivity index (χ3n) is 4.09. The highest BCUT2D eigenvalue weighted by Gasteiger charge is 2.35. The third-order valence-corrected chi connectivity index (χ3v) is 5.23. The second-order valence-electron chi connectivity index (χ2n) is 6.01. The van der Waals surface area contributed by atoms with Crippen molar-refractivity contribution in [2.45, 2.75) is 19.1 Å². The SMILES string of the molecule is C[C@H](NC(=O)[C@@H]1CN(S(C)(=O)=O)c2ccccc2O1)c1ccccc1. The van der Waals surface area contributed by atoms with Gasteiger partial charge in [0.2, 0.25) is 10.0 Å². The van der Waals surface area contributed by atoms with Gasteiger partial charge >= 0.3 is 0 Å². The number of ether oxygens (including phenoxy) is 1. The number of amides is 1. The van der Waals surface area contributed by atoms with Gasteiger partial charge < -0.3 is 10.1 Å². The van der Waals surface area contributed by atoms with E-state index in [2.05, 4.69) is 5.32 Å². The van der Waals surface area contributed by atoms with E-state index in [-0.39, 0.29) is 18.5 Å². The van der Waals surface area contributed by atoms with Crippen LogP contribution >= 0.6 is 0 Å². The number of fused-ring (bicyclic) bond motifs is 1. The first-order chi connectivity index (χ1) is 11.9. The van der Waals surface area contributed by atoms with Crippen molar-refractivity contribution in [1.82, 2.24) is 5.32 Å². The molecule has 0 unspecified atom stereocenters. The van der Waals surface area contributed by atoms with E-state index in [4.69, 9.17) is 4.74 Å². The van der Waals surface area contributed by atoms with E-state index in [9.17, 15) is 13.2 Å². The Bertz CT molecular complexity index is 868. The minimum Gasteiger partial charge on any atom is -0.476 e. The molecule has 1 N–H and O–H groups in total. The Balaban J connectivity index is 1.80. The molecule has 3 rings (SSSR count). The van der Waals surface area contributed by atoms with Crippen LogP contribution in [0.4, 0.5) is 5.69 Å². The van der Waals surface area contributed by atoms with Gasteiger partial charge in [0.05, 0.1) is 24.5 Å². The van der Waals surface area contributed by atoms with Crippen LogP contribution in [-0.4, -0.2) is 33.2 Å². The lowest BCUT2D eigenvalue weighted by Gasteiger charge is -2.34. The highest BCUT2D eigenvalue weighted by Crippen LogP contribution is 2.34. The number of hydrogen-bond donors (Lipinski definition) is 1. The van der Waals surface area contributed by atoms with Crippen LogP contribution in [-0.2, 0) is 14.8 Å². The summed E-state index contributed by atoms with van der Waals surface area (Å²) >= 11 is 0. The zero-order valence-corrected chi connectivity index (χ0v) is 14.9. The fourth-order valence-electron chi connectivity index (χ4n) is 2.78. The van der Waals surface area contributed by atoms with Crippen LogP contribution in [0.5, 0.6) is 5.75 Å². The van der Waals surface area contributed by atoms with Crippen molar-refractivity contribution in [1.29, 1.82) is 0 Å². The molecule has 132 valence electrons. The fraction of sp³-hybridized carbons (Fsp3) is 0.278. The Morgan fingerprint density at radius 2 is 1.80 bits per heavy atom. The van der Waals surface area contributed by atoms with Gasteiger partial charge in [0, 0.05) is 0 Å². The van der Waals surface area contributed by atoms with Gasteiger partial charge in [0.1, 0.15) is 5.75 Å². The van der Waals surface area contributed by atoms with E-state index in [1.807, 2.05) is 37.3 Å². The van der Waals surface area contributed by atoms with Gasteiger partial charge in [-0.15, -0.1) is 0 Å². The maximum absolute atomic E-state index is 12.6. The van der Waals surface area contributed by atoms with Gasteiger partial charge in [-0.25, -0.2) is 8.42 Å². The Hall–Kier alpha value is -2.54. The Kier molecular flexibility index (Phi) is 4.67. The van der Waals surface area contributed by atoms with E-state index in [0.717, 1.165) is 11.8 Å². The van der Waals surface area contributed by atoms with Crippen molar-refractivity contribution in [3.8, 4) is 5.75 Å². The van der Waals surface area contributed by atoms with Crippen molar-refractivity contribution in [2.24, 2.45) is 0 Å². The molecular formula is C18H20N2O4S. The van der Waals surface area contributed by atoms with Crippen LogP contribution in [0, 0.1) is 0 Å². The number of para-hydroxylation sites is 2. The van der Waals surface area contributed by atoms with Crippen LogP contribution in [0.3, 0.4) is 0 Å². The summed E-state index contributed by atoms with van der Waals surface area (Å²) in [5.41, 5.74) is 1.41. The minimum atomic E-state index is -3.51. The lowest BCUT2D eigenvalue weighted by molar-refractivity contribution is -0.128. The fourth-order valence-corrected chi connectivity index (χ4v) is 3.70. The Morgan fingerprint density at radius 3 is 2.48 bits per heavy atom. The molecule has 0 bridgehead atoms. The number of hydrogen-bond acceptors (Lipinski definition) is 4. The van der Waals surface area contributed by atoms with Gasteiger partial charge in [-0.3, -0.25) is 9.10 Å². The molecule has 2 aromatic carbocycles. The quantitative estimate of drug-likeness (QED) is 0.906. The van der Waals surface area contributed by atoms with Gasteiger partial charge in [0.25, 0.3) is 5.91 Å². The van der Waals surface area contributed by atoms with Crippen LogP contribution in [0.1, 0.15) is 18.5 Å². The molecule has 0 saturated carbocycles. The summed E-state index contributed by atoms with van der Waals surface area (Å²) < 4.78 is 31.1. The standard InChI is InChI=1S/C18H20N2O4S/c1-13(14-8-4-3-5-9-14)19-18(21)17-12-20(25(2,22)23)15-10-6-7-11-16(15)24-17/h3-11,13,17H,12H2,1-2H3,(H,19,21)/t13-,17-/m0/s1. The summed E-state index contributed by atoms with van der Waals surface area (Å²) in [4.78, 5) is 12.6. The summed E-state index contributed by atoms with van der Waals surface area (Å²) in [6.07, 6.45) is 0.215. The smallest absolute Gasteiger partial charge is 0.263 e. The Morgan fingerprint density at radius 1 is 1.16 bits per heavy atom. The van der Waals surface area contributed by atoms with Crippen LogP contribution in [0.2, 0.25) is 0 Å². The van der Waals surface area contributed by atoms with Gasteiger partial charge in [-0.2, -0.15) is 0 Å². The van der Waals surface area contributed by atoms with Gasteiger partial charge in [-0.05, 0) is 24.6 Å². The molecule has 1 aliphatic heterocycles. The average molecular weight is 360 g/mol. The monoisotopic (exact) mass is 360 g/mol. The van der Waals surface area contributed by atoms with Crippen molar-refractivity contribution in [2.75, 3.05) is 17.1 Å². The topological polar surface area (TPSA) is 75.7 Å². The highest BCUT2D eigenvalue weighted by molar-refractivity contribution is 7.92. The first-order valence-corrected chi connectivity index (χ1v) is 9.80. The highest BCUT2D eigenvalue weighted by atomic mass is 32.2. The lowest BCUT2D eigenvalue weighted by Crippen LogP contribution is -2.50. The number of carbonyl (C=O) groups is 1. The first kappa shape index (κ1) is 17.3. The predicted octanol–water partition coefficient (Wildman–Crippen LogP) is 2.09. The number of nitrogens with zero attached hydrogens (tertiary/aromatic N) is 1. The van der Waals surface area contributed by atoms with E-state index < -0.39 is 16.1 Å². The van der Waals surface area contributed by atoms with E-state index in [1.54, 1.807) is 24.3 Å². The van der Waals surface area contributed by atoms with Gasteiger partial charge in [0.15, 0.2) is 6.10 Å². The molecule has 0 aliphatic carbocycles. The van der Waals surface area contributed by atoms with Gasteiger partial charge in [-0.1, -0.05) is 42.5 Å². The van der Waals surface area contributed by atoms with Crippen LogP contribution < -0.4 is 14.4 Å². The molecule has 0 fully saturated rings. The maximum atomic E-state index is 12.6. The third kappa shape index (κ3) is 3.76. The molecule has 1 aliphatic rings. The molecular weight excluding hydrogens is 340 g/mol. The molecule has 1 heterocycles. The summed E-state index contributed by atoms with van der Waals surface area (Å²) in [5.74, 6) is 0.0335. The molecule has 6 nitrogen and oxygen atoms in total. The number of rotatable bonds is 4. The first-order valence-electron chi connectivity index (χ1n) is 7.95. The van der Waals surface area contributed by atoms with E-state index >= 15 is 0 Å². The van der Waals surface area contributed by atoms with Crippen molar-refractivity contribution < 1.29 is 17.9 Å². The van der Waals surface area contributed by atoms with E-state index in [0.29, 0.717) is 11.4 Å². The summed E-state index contributed by atoms with van der Waals surface area (Å²) in [7, 11) is -3.51. The molecule has 0 aromatic heterocycles. The average Bonchev–Trinajstić information content (AvgIpc) is 2.60. The summed E-state index contributed by atoms with van der Waals surface area (Å²) in [5, 5.41) is 2.88. The molecule has 0 spiro atoms. The Labute approximate surface area is 147 Å². The van der Waals surface area contributed by atoms with Crippen molar-refractivity contribution in [3.05, 3.63) is 60.2 Å². The summed E-state index contributed by atoms with van der Waals surface area (Å²) in [6, 6.07) is 16.1. The number of sulfonamides is 1. The minimum absolute atomic E-state index is 0.0524. The molecule has 25 heavy (non-hydrogen) atoms. The normalized spacial score (nSPS) is 18.0. The zero-order valence-electron chi connectivity index (χ0n) is 14.0. The summed E-state index contributed by atoms with van der Waals surface area (Å²) in [6.45, 7) is 1.82. The van der Waals surface area contributed by atoms with Crippen LogP contribution in [0.25, 0.3) is 0 Å². The largest absolute Gasteiger partial charge is 0.476 e. The molecule has 1 amide bonds. The van der Waals surface area contributed by atoms with E-state index in [1.165, 1.54) is 4.31 Å². The number of carbonyl (C=O) groups excluding carboxylic acids is 1. The van der Waals surface area contributed by atoms with Crippen molar-refractivity contribution in [3.63, 3.8) is 0 Å². The number of benzene rings is 2. The zero-order chi connectivity index (χ0) is 18.0. The molecule has 0 radical (unpaired) electrons. The van der Waals surface area contributed by atoms with Crippen molar-refractivity contribution >= 4 is 21.6 Å². The lowest BCUT2D eigenvalue weighted by atomic mass is 10.1. The van der Waals surface area contributed by atoms with Crippen LogP contribution in [0.15, 0.2) is 54.6 Å². The molecule has 7 heteroatoms. The molecule has 2 atom stereocenters.